The van der Waals surface area contributed by atoms with E-state index in [1.807, 2.05) is 18.2 Å². The Morgan fingerprint density at radius 3 is 2.56 bits per heavy atom. The van der Waals surface area contributed by atoms with E-state index in [1.54, 1.807) is 0 Å². The Labute approximate surface area is 162 Å². The maximum absolute atomic E-state index is 10.3. The van der Waals surface area contributed by atoms with Crippen LogP contribution in [0, 0.1) is 0 Å². The first-order valence-corrected chi connectivity index (χ1v) is 8.53. The van der Waals surface area contributed by atoms with Gasteiger partial charge in [0.2, 0.25) is 6.79 Å². The van der Waals surface area contributed by atoms with Crippen molar-refractivity contribution in [2.75, 3.05) is 19.9 Å². The number of piperidine rings is 1. The van der Waals surface area contributed by atoms with Crippen LogP contribution in [-0.4, -0.2) is 48.1 Å². The zero-order valence-corrected chi connectivity index (χ0v) is 16.5. The van der Waals surface area contributed by atoms with Crippen molar-refractivity contribution in [2.24, 2.45) is 0 Å². The van der Waals surface area contributed by atoms with Crippen molar-refractivity contribution in [2.45, 2.75) is 57.9 Å². The summed E-state index contributed by atoms with van der Waals surface area (Å²) >= 11 is 0. The summed E-state index contributed by atoms with van der Waals surface area (Å²) in [4.78, 5) is 2.40. The molecule has 25 heavy (non-hydrogen) atoms. The third kappa shape index (κ3) is 5.90. The highest BCUT2D eigenvalue weighted by Gasteiger charge is 2.26. The van der Waals surface area contributed by atoms with E-state index in [1.165, 1.54) is 19.3 Å². The highest BCUT2D eigenvalue weighted by molar-refractivity contribution is 5.85. The molecule has 144 valence electrons. The Hall–Kier alpha value is -0.720. The number of aliphatic hydroxyl groups excluding tert-OH is 1. The minimum Gasteiger partial charge on any atom is -0.454 e. The lowest BCUT2D eigenvalue weighted by Gasteiger charge is -2.40. The van der Waals surface area contributed by atoms with Gasteiger partial charge in [-0.1, -0.05) is 12.5 Å². The normalized spacial score (nSPS) is 23.5. The summed E-state index contributed by atoms with van der Waals surface area (Å²) in [5.41, 5.74) is 1.03. The molecule has 1 saturated heterocycles. The largest absolute Gasteiger partial charge is 0.454 e. The molecular weight excluding hydrogens is 365 g/mol. The van der Waals surface area contributed by atoms with Crippen LogP contribution in [0.25, 0.3) is 0 Å². The second-order valence-corrected chi connectivity index (χ2v) is 6.68. The minimum absolute atomic E-state index is 0. The van der Waals surface area contributed by atoms with Crippen molar-refractivity contribution in [1.29, 1.82) is 0 Å². The van der Waals surface area contributed by atoms with E-state index in [0.717, 1.165) is 17.1 Å². The smallest absolute Gasteiger partial charge is 0.231 e. The number of likely N-dealkylation sites (tertiary alicyclic amines) is 1. The second kappa shape index (κ2) is 10.4. The molecule has 3 unspecified atom stereocenters. The molecular formula is C18H29Cl2NO4. The van der Waals surface area contributed by atoms with Gasteiger partial charge in [-0.3, -0.25) is 4.90 Å². The lowest BCUT2D eigenvalue weighted by atomic mass is 9.97. The van der Waals surface area contributed by atoms with Crippen molar-refractivity contribution < 1.29 is 19.3 Å². The maximum atomic E-state index is 10.3. The van der Waals surface area contributed by atoms with E-state index < -0.39 is 6.10 Å². The zero-order chi connectivity index (χ0) is 16.2. The first-order valence-electron chi connectivity index (χ1n) is 8.53. The Morgan fingerprint density at radius 2 is 1.84 bits per heavy atom. The summed E-state index contributed by atoms with van der Waals surface area (Å²) in [5, 5.41) is 10.3. The number of halogens is 2. The number of nitrogens with zero attached hydrogens (tertiary/aromatic N) is 1. The third-order valence-electron chi connectivity index (χ3n) is 4.81. The quantitative estimate of drug-likeness (QED) is 0.802. The summed E-state index contributed by atoms with van der Waals surface area (Å²) in [6.45, 7) is 6.28. The number of aliphatic hydroxyl groups is 1. The van der Waals surface area contributed by atoms with Gasteiger partial charge in [0.05, 0.1) is 19.3 Å². The fraction of sp³-hybridized carbons (Fsp3) is 0.667. The molecule has 2 aliphatic rings. The number of ether oxygens (including phenoxy) is 3. The van der Waals surface area contributed by atoms with E-state index in [0.29, 0.717) is 31.8 Å². The molecule has 1 aromatic rings. The predicted octanol–water partition coefficient (Wildman–Crippen LogP) is 3.40. The predicted molar refractivity (Wildman–Crippen MR) is 102 cm³/mol. The van der Waals surface area contributed by atoms with Crippen LogP contribution in [0.4, 0.5) is 0 Å². The SMILES string of the molecule is CC1CCCC(C)N1CC(O)COCc1ccc2c(c1)OCO2.Cl.Cl. The van der Waals surface area contributed by atoms with Gasteiger partial charge in [-0.15, -0.1) is 24.8 Å². The van der Waals surface area contributed by atoms with Crippen LogP contribution in [0.2, 0.25) is 0 Å². The van der Waals surface area contributed by atoms with E-state index in [2.05, 4.69) is 18.7 Å². The standard InChI is InChI=1S/C18H27NO4.2ClH/c1-13-4-3-5-14(2)19(13)9-16(20)11-21-10-15-6-7-17-18(8-15)23-12-22-17;;/h6-8,13-14,16,20H,3-5,9-12H2,1-2H3;2*1H. The highest BCUT2D eigenvalue weighted by atomic mass is 35.5. The molecule has 2 heterocycles. The highest BCUT2D eigenvalue weighted by Crippen LogP contribution is 2.32. The Balaban J connectivity index is 0.00000156. The van der Waals surface area contributed by atoms with Crippen LogP contribution < -0.4 is 9.47 Å². The number of rotatable bonds is 6. The van der Waals surface area contributed by atoms with Gasteiger partial charge in [0.25, 0.3) is 0 Å². The number of β-amino-alcohol motifs (C(OH)–C–C–N with tert-alkyl or cyclic N) is 1. The number of hydrogen-bond donors (Lipinski definition) is 1. The molecule has 3 rings (SSSR count). The van der Waals surface area contributed by atoms with E-state index in [-0.39, 0.29) is 31.6 Å². The molecule has 0 aliphatic carbocycles. The third-order valence-corrected chi connectivity index (χ3v) is 4.81. The minimum atomic E-state index is -0.452. The molecule has 1 fully saturated rings. The van der Waals surface area contributed by atoms with Gasteiger partial charge in [0.1, 0.15) is 0 Å². The van der Waals surface area contributed by atoms with Gasteiger partial charge in [0.15, 0.2) is 11.5 Å². The number of fused-ring (bicyclic) bond motifs is 1. The van der Waals surface area contributed by atoms with E-state index >= 15 is 0 Å². The fourth-order valence-corrected chi connectivity index (χ4v) is 3.47. The van der Waals surface area contributed by atoms with Gasteiger partial charge in [-0.25, -0.2) is 0 Å². The summed E-state index contributed by atoms with van der Waals surface area (Å²) in [6.07, 6.45) is 3.27. The van der Waals surface area contributed by atoms with Crippen molar-refractivity contribution in [3.8, 4) is 11.5 Å². The van der Waals surface area contributed by atoms with Gasteiger partial charge >= 0.3 is 0 Å². The summed E-state index contributed by atoms with van der Waals surface area (Å²) in [6, 6.07) is 6.89. The summed E-state index contributed by atoms with van der Waals surface area (Å²) in [5.74, 6) is 1.55. The van der Waals surface area contributed by atoms with Crippen LogP contribution in [0.15, 0.2) is 18.2 Å². The van der Waals surface area contributed by atoms with Gasteiger partial charge < -0.3 is 19.3 Å². The van der Waals surface area contributed by atoms with E-state index in [9.17, 15) is 5.11 Å². The zero-order valence-electron chi connectivity index (χ0n) is 14.8. The van der Waals surface area contributed by atoms with Crippen LogP contribution in [0.1, 0.15) is 38.7 Å². The van der Waals surface area contributed by atoms with Crippen LogP contribution in [0.5, 0.6) is 11.5 Å². The molecule has 0 aromatic heterocycles. The molecule has 0 bridgehead atoms. The first kappa shape index (κ1) is 22.3. The van der Waals surface area contributed by atoms with Crippen LogP contribution in [0.3, 0.4) is 0 Å². The Bertz CT molecular complexity index is 522. The Morgan fingerprint density at radius 1 is 1.16 bits per heavy atom. The van der Waals surface area contributed by atoms with Gasteiger partial charge in [-0.05, 0) is 44.4 Å². The molecule has 0 amide bonds. The van der Waals surface area contributed by atoms with Gasteiger partial charge in [-0.2, -0.15) is 0 Å². The van der Waals surface area contributed by atoms with Crippen molar-refractivity contribution >= 4 is 24.8 Å². The summed E-state index contributed by atoms with van der Waals surface area (Å²) < 4.78 is 16.3. The molecule has 5 nitrogen and oxygen atoms in total. The first-order chi connectivity index (χ1) is 11.1. The lowest BCUT2D eigenvalue weighted by molar-refractivity contribution is -0.0135. The molecule has 1 aromatic carbocycles. The molecule has 2 aliphatic heterocycles. The van der Waals surface area contributed by atoms with Crippen molar-refractivity contribution in [3.05, 3.63) is 23.8 Å². The van der Waals surface area contributed by atoms with Crippen LogP contribution in [-0.2, 0) is 11.3 Å². The molecule has 0 radical (unpaired) electrons. The lowest BCUT2D eigenvalue weighted by Crippen LogP contribution is -2.48. The van der Waals surface area contributed by atoms with Crippen molar-refractivity contribution in [1.82, 2.24) is 4.90 Å². The Kier molecular flexibility index (Phi) is 9.32. The fourth-order valence-electron chi connectivity index (χ4n) is 3.47. The molecule has 7 heteroatoms. The second-order valence-electron chi connectivity index (χ2n) is 6.68. The molecule has 0 saturated carbocycles. The topological polar surface area (TPSA) is 51.2 Å². The number of benzene rings is 1. The monoisotopic (exact) mass is 393 g/mol. The average Bonchev–Trinajstić information content (AvgIpc) is 2.99. The molecule has 1 N–H and O–H groups in total. The van der Waals surface area contributed by atoms with Crippen molar-refractivity contribution in [3.63, 3.8) is 0 Å². The summed E-state index contributed by atoms with van der Waals surface area (Å²) in [7, 11) is 0. The maximum Gasteiger partial charge on any atom is 0.231 e. The van der Waals surface area contributed by atoms with E-state index in [4.69, 9.17) is 14.2 Å². The molecule has 0 spiro atoms. The number of hydrogen-bond acceptors (Lipinski definition) is 5. The van der Waals surface area contributed by atoms with Crippen LogP contribution >= 0.6 is 24.8 Å². The average molecular weight is 394 g/mol. The van der Waals surface area contributed by atoms with Gasteiger partial charge in [0, 0.05) is 18.6 Å². The molecule has 3 atom stereocenters.